The zero-order valence-corrected chi connectivity index (χ0v) is 8.77. The first-order valence-corrected chi connectivity index (χ1v) is 5.44. The van der Waals surface area contributed by atoms with Crippen LogP contribution in [0.25, 0.3) is 10.9 Å². The second kappa shape index (κ2) is 3.63. The summed E-state index contributed by atoms with van der Waals surface area (Å²) in [6.45, 7) is 0.549. The summed E-state index contributed by atoms with van der Waals surface area (Å²) in [6.07, 6.45) is 4.02. The van der Waals surface area contributed by atoms with Gasteiger partial charge in [0.25, 0.3) is 0 Å². The summed E-state index contributed by atoms with van der Waals surface area (Å²) in [7, 11) is 0. The molecule has 0 unspecified atom stereocenters. The van der Waals surface area contributed by atoms with Crippen LogP contribution in [0.1, 0.15) is 23.2 Å². The van der Waals surface area contributed by atoms with Crippen LogP contribution in [0.4, 0.5) is 0 Å². The Kier molecular flexibility index (Phi) is 2.13. The molecule has 1 saturated carbocycles. The van der Waals surface area contributed by atoms with E-state index in [1.165, 1.54) is 12.8 Å². The van der Waals surface area contributed by atoms with E-state index in [9.17, 15) is 4.79 Å². The minimum Gasteiger partial charge on any atom is -0.462 e. The molecule has 4 heteroatoms. The number of nitrogens with zero attached hydrogens (tertiary/aromatic N) is 1. The third-order valence-corrected chi connectivity index (χ3v) is 2.85. The SMILES string of the molecule is O=C(OCC1CC1)c1cccc2[nH]ncc12. The van der Waals surface area contributed by atoms with E-state index in [1.54, 1.807) is 12.3 Å². The number of benzene rings is 1. The molecule has 1 heterocycles. The minimum absolute atomic E-state index is 0.251. The van der Waals surface area contributed by atoms with E-state index in [0.717, 1.165) is 10.9 Å². The molecule has 16 heavy (non-hydrogen) atoms. The van der Waals surface area contributed by atoms with Gasteiger partial charge in [-0.3, -0.25) is 5.10 Å². The summed E-state index contributed by atoms with van der Waals surface area (Å²) >= 11 is 0. The van der Waals surface area contributed by atoms with Crippen molar-refractivity contribution < 1.29 is 9.53 Å². The maximum Gasteiger partial charge on any atom is 0.338 e. The largest absolute Gasteiger partial charge is 0.462 e. The van der Waals surface area contributed by atoms with Crippen LogP contribution in [-0.2, 0) is 4.74 Å². The van der Waals surface area contributed by atoms with Crippen LogP contribution >= 0.6 is 0 Å². The number of fused-ring (bicyclic) bond motifs is 1. The second-order valence-electron chi connectivity index (χ2n) is 4.18. The molecule has 1 aromatic heterocycles. The van der Waals surface area contributed by atoms with Crippen molar-refractivity contribution in [1.82, 2.24) is 10.2 Å². The molecule has 82 valence electrons. The first kappa shape index (κ1) is 9.39. The van der Waals surface area contributed by atoms with Gasteiger partial charge in [-0.1, -0.05) is 6.07 Å². The maximum atomic E-state index is 11.8. The van der Waals surface area contributed by atoms with Gasteiger partial charge in [0.2, 0.25) is 0 Å². The lowest BCUT2D eigenvalue weighted by molar-refractivity contribution is 0.0488. The van der Waals surface area contributed by atoms with E-state index in [4.69, 9.17) is 4.74 Å². The van der Waals surface area contributed by atoms with Crippen LogP contribution in [0.3, 0.4) is 0 Å². The molecular weight excluding hydrogens is 204 g/mol. The molecular formula is C12H12N2O2. The predicted octanol–water partition coefficient (Wildman–Crippen LogP) is 2.13. The highest BCUT2D eigenvalue weighted by atomic mass is 16.5. The fourth-order valence-electron chi connectivity index (χ4n) is 1.70. The molecule has 0 spiro atoms. The third kappa shape index (κ3) is 1.66. The van der Waals surface area contributed by atoms with Gasteiger partial charge in [0.05, 0.1) is 23.9 Å². The van der Waals surface area contributed by atoms with Crippen LogP contribution in [0, 0.1) is 5.92 Å². The summed E-state index contributed by atoms with van der Waals surface area (Å²) in [6, 6.07) is 5.49. The number of esters is 1. The Labute approximate surface area is 92.6 Å². The first-order valence-electron chi connectivity index (χ1n) is 5.44. The van der Waals surface area contributed by atoms with Gasteiger partial charge in [-0.25, -0.2) is 4.79 Å². The number of hydrogen-bond donors (Lipinski definition) is 1. The average Bonchev–Trinajstić information content (AvgIpc) is 3.01. The Morgan fingerprint density at radius 3 is 3.19 bits per heavy atom. The number of rotatable bonds is 3. The van der Waals surface area contributed by atoms with Gasteiger partial charge >= 0.3 is 5.97 Å². The number of H-pyrrole nitrogens is 1. The number of aromatic amines is 1. The van der Waals surface area contributed by atoms with Crippen molar-refractivity contribution in [2.24, 2.45) is 5.92 Å². The Morgan fingerprint density at radius 1 is 1.50 bits per heavy atom. The monoisotopic (exact) mass is 216 g/mol. The van der Waals surface area contributed by atoms with E-state index in [1.807, 2.05) is 12.1 Å². The van der Waals surface area contributed by atoms with E-state index in [2.05, 4.69) is 10.2 Å². The van der Waals surface area contributed by atoms with Gasteiger partial charge in [0.15, 0.2) is 0 Å². The molecule has 3 rings (SSSR count). The second-order valence-corrected chi connectivity index (χ2v) is 4.18. The summed E-state index contributed by atoms with van der Waals surface area (Å²) < 4.78 is 5.25. The molecule has 2 aromatic rings. The third-order valence-electron chi connectivity index (χ3n) is 2.85. The molecule has 0 atom stereocenters. The highest BCUT2D eigenvalue weighted by Crippen LogP contribution is 2.29. The predicted molar refractivity (Wildman–Crippen MR) is 59.1 cm³/mol. The lowest BCUT2D eigenvalue weighted by Crippen LogP contribution is -2.07. The summed E-state index contributed by atoms with van der Waals surface area (Å²) in [5.41, 5.74) is 1.45. The number of nitrogens with one attached hydrogen (secondary N) is 1. The zero-order chi connectivity index (χ0) is 11.0. The van der Waals surface area contributed by atoms with E-state index >= 15 is 0 Å². The summed E-state index contributed by atoms with van der Waals surface area (Å²) in [5, 5.41) is 7.58. The smallest absolute Gasteiger partial charge is 0.338 e. The number of hydrogen-bond acceptors (Lipinski definition) is 3. The molecule has 1 aromatic carbocycles. The molecule has 0 bridgehead atoms. The van der Waals surface area contributed by atoms with Crippen LogP contribution in [0.2, 0.25) is 0 Å². The zero-order valence-electron chi connectivity index (χ0n) is 8.77. The fraction of sp³-hybridized carbons (Fsp3) is 0.333. The van der Waals surface area contributed by atoms with Crippen LogP contribution in [-0.4, -0.2) is 22.8 Å². The maximum absolute atomic E-state index is 11.8. The first-order chi connectivity index (χ1) is 7.84. The molecule has 1 fully saturated rings. The van der Waals surface area contributed by atoms with Crippen molar-refractivity contribution in [3.05, 3.63) is 30.0 Å². The number of carbonyl (C=O) groups excluding carboxylic acids is 1. The van der Waals surface area contributed by atoms with Gasteiger partial charge in [-0.05, 0) is 30.9 Å². The molecule has 1 N–H and O–H groups in total. The van der Waals surface area contributed by atoms with Crippen molar-refractivity contribution in [3.63, 3.8) is 0 Å². The highest BCUT2D eigenvalue weighted by molar-refractivity contribution is 6.03. The average molecular weight is 216 g/mol. The van der Waals surface area contributed by atoms with E-state index in [0.29, 0.717) is 18.1 Å². The molecule has 0 amide bonds. The number of aromatic nitrogens is 2. The summed E-state index contributed by atoms with van der Waals surface area (Å²) in [5.74, 6) is 0.339. The standard InChI is InChI=1S/C12H12N2O2/c15-12(16-7-8-4-5-8)9-2-1-3-11-10(9)6-13-14-11/h1-3,6,8H,4-5,7H2,(H,13,14). The van der Waals surface area contributed by atoms with E-state index in [-0.39, 0.29) is 5.97 Å². The molecule has 0 radical (unpaired) electrons. The Bertz CT molecular complexity index is 529. The van der Waals surface area contributed by atoms with Crippen LogP contribution in [0.15, 0.2) is 24.4 Å². The van der Waals surface area contributed by atoms with Gasteiger partial charge in [0.1, 0.15) is 0 Å². The van der Waals surface area contributed by atoms with E-state index < -0.39 is 0 Å². The van der Waals surface area contributed by atoms with Crippen LogP contribution < -0.4 is 0 Å². The normalized spacial score (nSPS) is 15.2. The lowest BCUT2D eigenvalue weighted by Gasteiger charge is -2.04. The van der Waals surface area contributed by atoms with Crippen LogP contribution in [0.5, 0.6) is 0 Å². The number of ether oxygens (including phenoxy) is 1. The summed E-state index contributed by atoms with van der Waals surface area (Å²) in [4.78, 5) is 11.8. The highest BCUT2D eigenvalue weighted by Gasteiger charge is 2.23. The quantitative estimate of drug-likeness (QED) is 0.799. The van der Waals surface area contributed by atoms with Crippen molar-refractivity contribution in [3.8, 4) is 0 Å². The van der Waals surface area contributed by atoms with Crippen molar-refractivity contribution in [2.75, 3.05) is 6.61 Å². The van der Waals surface area contributed by atoms with Crippen molar-refractivity contribution >= 4 is 16.9 Å². The molecule has 1 aliphatic carbocycles. The Balaban J connectivity index is 1.85. The van der Waals surface area contributed by atoms with Crippen molar-refractivity contribution in [1.29, 1.82) is 0 Å². The molecule has 1 aliphatic rings. The fourth-order valence-corrected chi connectivity index (χ4v) is 1.70. The topological polar surface area (TPSA) is 55.0 Å². The minimum atomic E-state index is -0.251. The van der Waals surface area contributed by atoms with Gasteiger partial charge in [0, 0.05) is 5.39 Å². The van der Waals surface area contributed by atoms with Gasteiger partial charge in [-0.15, -0.1) is 0 Å². The van der Waals surface area contributed by atoms with Crippen molar-refractivity contribution in [2.45, 2.75) is 12.8 Å². The Morgan fingerprint density at radius 2 is 2.38 bits per heavy atom. The van der Waals surface area contributed by atoms with Gasteiger partial charge in [-0.2, -0.15) is 5.10 Å². The molecule has 0 saturated heterocycles. The van der Waals surface area contributed by atoms with Gasteiger partial charge < -0.3 is 4.74 Å². The Hall–Kier alpha value is -1.84. The molecule has 4 nitrogen and oxygen atoms in total. The number of carbonyl (C=O) groups is 1. The lowest BCUT2D eigenvalue weighted by atomic mass is 10.1. The molecule has 0 aliphatic heterocycles.